The molecule has 4 nitrogen and oxygen atoms in total. The molecule has 0 spiro atoms. The Morgan fingerprint density at radius 1 is 0.692 bits per heavy atom. The molecule has 1 aliphatic rings. The van der Waals surface area contributed by atoms with E-state index in [2.05, 4.69) is 41.4 Å². The van der Waals surface area contributed by atoms with E-state index in [9.17, 15) is 4.79 Å². The number of anilines is 1. The van der Waals surface area contributed by atoms with Crippen molar-refractivity contribution in [3.8, 4) is 17.0 Å². The van der Waals surface area contributed by atoms with Crippen LogP contribution in [-0.4, -0.2) is 10.9 Å². The number of rotatable bonds is 6. The molecule has 2 heterocycles. The molecule has 0 saturated heterocycles. The molecule has 5 aromatic carbocycles. The Bertz CT molecular complexity index is 1770. The van der Waals surface area contributed by atoms with Crippen LogP contribution in [0.15, 0.2) is 133 Å². The van der Waals surface area contributed by atoms with Gasteiger partial charge in [-0.3, -0.25) is 9.69 Å². The minimum atomic E-state index is -0.281. The molecule has 1 aromatic heterocycles. The minimum Gasteiger partial charge on any atom is -0.489 e. The number of fused-ring (bicyclic) bond motifs is 2. The number of amides is 1. The van der Waals surface area contributed by atoms with Gasteiger partial charge in [-0.15, -0.1) is 0 Å². The fourth-order valence-corrected chi connectivity index (χ4v) is 5.59. The first-order chi connectivity index (χ1) is 19.3. The van der Waals surface area contributed by atoms with Crippen LogP contribution in [0.1, 0.15) is 33.1 Å². The number of ether oxygens (including phenoxy) is 1. The molecule has 39 heavy (non-hydrogen) atoms. The number of carbonyl (C=O) groups excluding carboxylic acids is 1. The van der Waals surface area contributed by atoms with Crippen molar-refractivity contribution in [3.05, 3.63) is 156 Å². The molecule has 0 unspecified atom stereocenters. The maximum absolute atomic E-state index is 14.0. The second-order valence-corrected chi connectivity index (χ2v) is 9.76. The Morgan fingerprint density at radius 3 is 2.15 bits per heavy atom. The summed E-state index contributed by atoms with van der Waals surface area (Å²) in [5.74, 6) is 0.762. The van der Waals surface area contributed by atoms with E-state index in [0.717, 1.165) is 55.9 Å². The van der Waals surface area contributed by atoms with E-state index in [1.54, 1.807) is 0 Å². The van der Waals surface area contributed by atoms with Crippen molar-refractivity contribution in [1.29, 1.82) is 0 Å². The number of aromatic nitrogens is 1. The number of nitrogens with one attached hydrogen (secondary N) is 1. The Kier molecular flexibility index (Phi) is 5.71. The van der Waals surface area contributed by atoms with E-state index < -0.39 is 0 Å². The van der Waals surface area contributed by atoms with Crippen LogP contribution in [0.5, 0.6) is 5.75 Å². The van der Waals surface area contributed by atoms with Gasteiger partial charge in [0.25, 0.3) is 5.91 Å². The van der Waals surface area contributed by atoms with Crippen molar-refractivity contribution in [2.24, 2.45) is 0 Å². The van der Waals surface area contributed by atoms with Crippen molar-refractivity contribution < 1.29 is 9.53 Å². The highest BCUT2D eigenvalue weighted by Gasteiger charge is 2.41. The molecule has 1 N–H and O–H groups in total. The second-order valence-electron chi connectivity index (χ2n) is 9.76. The van der Waals surface area contributed by atoms with Crippen molar-refractivity contribution >= 4 is 22.5 Å². The number of para-hydroxylation sites is 1. The molecular weight excluding hydrogens is 480 g/mol. The smallest absolute Gasteiger partial charge is 0.259 e. The van der Waals surface area contributed by atoms with Gasteiger partial charge < -0.3 is 9.72 Å². The molecule has 7 rings (SSSR count). The standard InChI is InChI=1S/C35H26N2O2/c38-35-29-16-8-7-15-28(29)34(32-30-17-9-10-18-31(30)36-33(32)25-13-5-2-6-14-25)37(35)26-19-21-27(22-20-26)39-23-24-11-3-1-4-12-24/h1-22,34,36H,23H2/t34-/m1/s1. The first kappa shape index (κ1) is 23.1. The molecule has 0 fully saturated rings. The number of aromatic amines is 1. The molecular formula is C35H26N2O2. The van der Waals surface area contributed by atoms with E-state index in [1.807, 2.05) is 102 Å². The van der Waals surface area contributed by atoms with Crippen LogP contribution in [0.3, 0.4) is 0 Å². The van der Waals surface area contributed by atoms with Gasteiger partial charge in [0, 0.05) is 27.7 Å². The van der Waals surface area contributed by atoms with Gasteiger partial charge in [-0.2, -0.15) is 0 Å². The lowest BCUT2D eigenvalue weighted by molar-refractivity contribution is 0.0993. The van der Waals surface area contributed by atoms with Gasteiger partial charge in [0.15, 0.2) is 0 Å². The predicted molar refractivity (Wildman–Crippen MR) is 156 cm³/mol. The summed E-state index contributed by atoms with van der Waals surface area (Å²) in [6.07, 6.45) is 0. The van der Waals surface area contributed by atoms with E-state index >= 15 is 0 Å². The number of benzene rings is 5. The van der Waals surface area contributed by atoms with Crippen molar-refractivity contribution in [2.75, 3.05) is 4.90 Å². The Morgan fingerprint density at radius 2 is 1.36 bits per heavy atom. The molecule has 0 aliphatic carbocycles. The average Bonchev–Trinajstić information content (AvgIpc) is 3.52. The summed E-state index contributed by atoms with van der Waals surface area (Å²) < 4.78 is 6.02. The third-order valence-corrected chi connectivity index (χ3v) is 7.41. The average molecular weight is 507 g/mol. The summed E-state index contributed by atoms with van der Waals surface area (Å²) in [6, 6.07) is 44.3. The summed E-state index contributed by atoms with van der Waals surface area (Å²) in [5, 5.41) is 1.11. The summed E-state index contributed by atoms with van der Waals surface area (Å²) in [6.45, 7) is 0.493. The molecule has 4 heteroatoms. The van der Waals surface area contributed by atoms with Crippen LogP contribution in [0.2, 0.25) is 0 Å². The number of carbonyl (C=O) groups is 1. The summed E-state index contributed by atoms with van der Waals surface area (Å²) >= 11 is 0. The van der Waals surface area contributed by atoms with Crippen molar-refractivity contribution in [1.82, 2.24) is 4.98 Å². The van der Waals surface area contributed by atoms with Gasteiger partial charge in [-0.25, -0.2) is 0 Å². The number of hydrogen-bond acceptors (Lipinski definition) is 2. The topological polar surface area (TPSA) is 45.3 Å². The van der Waals surface area contributed by atoms with E-state index in [4.69, 9.17) is 4.74 Å². The van der Waals surface area contributed by atoms with Crippen molar-refractivity contribution in [3.63, 3.8) is 0 Å². The maximum atomic E-state index is 14.0. The summed E-state index contributed by atoms with van der Waals surface area (Å²) in [4.78, 5) is 19.5. The van der Waals surface area contributed by atoms with Crippen LogP contribution < -0.4 is 9.64 Å². The summed E-state index contributed by atoms with van der Waals surface area (Å²) in [7, 11) is 0. The first-order valence-electron chi connectivity index (χ1n) is 13.1. The van der Waals surface area contributed by atoms with E-state index in [1.165, 1.54) is 0 Å². The highest BCUT2D eigenvalue weighted by atomic mass is 16.5. The highest BCUT2D eigenvalue weighted by molar-refractivity contribution is 6.13. The predicted octanol–water partition coefficient (Wildman–Crippen LogP) is 8.16. The lowest BCUT2D eigenvalue weighted by atomic mass is 9.93. The van der Waals surface area contributed by atoms with Crippen molar-refractivity contribution in [2.45, 2.75) is 12.6 Å². The van der Waals surface area contributed by atoms with Crippen LogP contribution in [0.4, 0.5) is 5.69 Å². The van der Waals surface area contributed by atoms with Gasteiger partial charge in [-0.1, -0.05) is 97.1 Å². The zero-order chi connectivity index (χ0) is 26.2. The molecule has 0 saturated carbocycles. The molecule has 188 valence electrons. The quantitative estimate of drug-likeness (QED) is 0.248. The fourth-order valence-electron chi connectivity index (χ4n) is 5.59. The molecule has 0 bridgehead atoms. The highest BCUT2D eigenvalue weighted by Crippen LogP contribution is 2.47. The Balaban J connectivity index is 1.33. The minimum absolute atomic E-state index is 0.00199. The SMILES string of the molecule is O=C1c2ccccc2[C@H](c2c(-c3ccccc3)[nH]c3ccccc23)N1c1ccc(OCc2ccccc2)cc1. The van der Waals surface area contributed by atoms with Gasteiger partial charge in [0.2, 0.25) is 0 Å². The van der Waals surface area contributed by atoms with E-state index in [-0.39, 0.29) is 11.9 Å². The van der Waals surface area contributed by atoms with Crippen LogP contribution in [0, 0.1) is 0 Å². The monoisotopic (exact) mass is 506 g/mol. The van der Waals surface area contributed by atoms with Gasteiger partial charge >= 0.3 is 0 Å². The zero-order valence-corrected chi connectivity index (χ0v) is 21.2. The fraction of sp³-hybridized carbons (Fsp3) is 0.0571. The molecule has 1 aliphatic heterocycles. The number of nitrogens with zero attached hydrogens (tertiary/aromatic N) is 1. The van der Waals surface area contributed by atoms with Gasteiger partial charge in [0.1, 0.15) is 12.4 Å². The van der Waals surface area contributed by atoms with Crippen LogP contribution in [0.25, 0.3) is 22.2 Å². The van der Waals surface area contributed by atoms with Gasteiger partial charge in [-0.05, 0) is 53.1 Å². The van der Waals surface area contributed by atoms with Crippen LogP contribution >= 0.6 is 0 Å². The normalized spacial score (nSPS) is 14.5. The molecule has 0 radical (unpaired) electrons. The van der Waals surface area contributed by atoms with E-state index in [0.29, 0.717) is 6.61 Å². The lowest BCUT2D eigenvalue weighted by Gasteiger charge is -2.27. The zero-order valence-electron chi connectivity index (χ0n) is 21.2. The molecule has 1 atom stereocenters. The number of H-pyrrole nitrogens is 1. The number of hydrogen-bond donors (Lipinski definition) is 1. The third kappa shape index (κ3) is 4.07. The lowest BCUT2D eigenvalue weighted by Crippen LogP contribution is -2.28. The second kappa shape index (κ2) is 9.66. The Labute approximate surface area is 227 Å². The summed E-state index contributed by atoms with van der Waals surface area (Å²) in [5.41, 5.74) is 7.94. The third-order valence-electron chi connectivity index (χ3n) is 7.41. The molecule has 1 amide bonds. The molecule has 6 aromatic rings. The first-order valence-corrected chi connectivity index (χ1v) is 13.1. The largest absolute Gasteiger partial charge is 0.489 e. The van der Waals surface area contributed by atoms with Gasteiger partial charge in [0.05, 0.1) is 11.7 Å². The maximum Gasteiger partial charge on any atom is 0.259 e. The Hall–Kier alpha value is -5.09. The van der Waals surface area contributed by atoms with Crippen LogP contribution in [-0.2, 0) is 6.61 Å².